The summed E-state index contributed by atoms with van der Waals surface area (Å²) in [6.07, 6.45) is -4.84. The highest BCUT2D eigenvalue weighted by molar-refractivity contribution is 5.89. The minimum Gasteiger partial charge on any atom is -0.477 e. The van der Waals surface area contributed by atoms with Crippen molar-refractivity contribution in [3.8, 4) is 16.9 Å². The Morgan fingerprint density at radius 3 is 1.86 bits per heavy atom. The van der Waals surface area contributed by atoms with E-state index < -0.39 is 35.3 Å². The van der Waals surface area contributed by atoms with E-state index in [0.717, 1.165) is 36.4 Å². The molecule has 0 aliphatic heterocycles. The fourth-order valence-electron chi connectivity index (χ4n) is 1.79. The molecule has 0 saturated carbocycles. The van der Waals surface area contributed by atoms with Crippen molar-refractivity contribution in [2.75, 3.05) is 0 Å². The molecule has 0 radical (unpaired) electrons. The normalized spacial score (nSPS) is 11.3. The number of carboxylic acid groups (broad SMARTS) is 1. The molecule has 0 aliphatic rings. The minimum atomic E-state index is -4.84. The van der Waals surface area contributed by atoms with Gasteiger partial charge < -0.3 is 9.84 Å². The third-order valence-corrected chi connectivity index (χ3v) is 2.68. The number of benzene rings is 2. The summed E-state index contributed by atoms with van der Waals surface area (Å²) in [4.78, 5) is 10.7. The van der Waals surface area contributed by atoms with Gasteiger partial charge in [0.2, 0.25) is 0 Å². The van der Waals surface area contributed by atoms with E-state index in [1.54, 1.807) is 0 Å². The molecule has 22 heavy (non-hydrogen) atoms. The van der Waals surface area contributed by atoms with Crippen molar-refractivity contribution < 1.29 is 36.6 Å². The number of alkyl halides is 3. The Balaban J connectivity index is 2.35. The topological polar surface area (TPSA) is 46.5 Å². The van der Waals surface area contributed by atoms with Gasteiger partial charge >= 0.3 is 12.3 Å². The molecular weight excluding hydrogens is 311 g/mol. The van der Waals surface area contributed by atoms with Crippen LogP contribution in [0.15, 0.2) is 36.4 Å². The van der Waals surface area contributed by atoms with E-state index in [1.807, 2.05) is 0 Å². The first-order valence-electron chi connectivity index (χ1n) is 5.76. The highest BCUT2D eigenvalue weighted by Gasteiger charge is 2.31. The smallest absolute Gasteiger partial charge is 0.477 e. The lowest BCUT2D eigenvalue weighted by Gasteiger charge is -2.10. The fourth-order valence-corrected chi connectivity index (χ4v) is 1.79. The minimum absolute atomic E-state index is 0.0152. The van der Waals surface area contributed by atoms with Crippen LogP contribution in [0.1, 0.15) is 10.4 Å². The summed E-state index contributed by atoms with van der Waals surface area (Å²) >= 11 is 0. The summed E-state index contributed by atoms with van der Waals surface area (Å²) in [6.45, 7) is 0. The van der Waals surface area contributed by atoms with Crippen LogP contribution >= 0.6 is 0 Å². The summed E-state index contributed by atoms with van der Waals surface area (Å²) in [7, 11) is 0. The molecule has 0 saturated heterocycles. The van der Waals surface area contributed by atoms with Gasteiger partial charge in [0.25, 0.3) is 0 Å². The lowest BCUT2D eigenvalue weighted by atomic mass is 10.0. The standard InChI is InChI=1S/C14H7F5O3/c15-10-5-8(6-11(16)12(10)13(20)21)7-1-3-9(4-2-7)22-14(17,18)19/h1-6H,(H,20,21). The Morgan fingerprint density at radius 2 is 1.45 bits per heavy atom. The van der Waals surface area contributed by atoms with Crippen LogP contribution in [0.4, 0.5) is 22.0 Å². The van der Waals surface area contributed by atoms with Gasteiger partial charge in [0.15, 0.2) is 0 Å². The fraction of sp³-hybridized carbons (Fsp3) is 0.0714. The molecule has 0 unspecified atom stereocenters. The van der Waals surface area contributed by atoms with Crippen LogP contribution in [0, 0.1) is 11.6 Å². The summed E-state index contributed by atoms with van der Waals surface area (Å²) in [5.74, 6) is -4.80. The Bertz CT molecular complexity index is 684. The van der Waals surface area contributed by atoms with E-state index >= 15 is 0 Å². The monoisotopic (exact) mass is 318 g/mol. The summed E-state index contributed by atoms with van der Waals surface area (Å²) in [5.41, 5.74) is -0.913. The summed E-state index contributed by atoms with van der Waals surface area (Å²) < 4.78 is 66.8. The summed E-state index contributed by atoms with van der Waals surface area (Å²) in [6, 6.07) is 5.84. The molecule has 0 spiro atoms. The van der Waals surface area contributed by atoms with Crippen molar-refractivity contribution in [3.63, 3.8) is 0 Å². The molecule has 0 bridgehead atoms. The Morgan fingerprint density at radius 1 is 0.955 bits per heavy atom. The summed E-state index contributed by atoms with van der Waals surface area (Å²) in [5, 5.41) is 8.65. The van der Waals surface area contributed by atoms with Crippen LogP contribution in [0.25, 0.3) is 11.1 Å². The molecule has 2 rings (SSSR count). The number of ether oxygens (including phenoxy) is 1. The van der Waals surface area contributed by atoms with Crippen molar-refractivity contribution in [2.24, 2.45) is 0 Å². The van der Waals surface area contributed by atoms with Crippen LogP contribution in [0.3, 0.4) is 0 Å². The van der Waals surface area contributed by atoms with Gasteiger partial charge in [0.05, 0.1) is 0 Å². The van der Waals surface area contributed by atoms with Gasteiger partial charge in [-0.2, -0.15) is 0 Å². The quantitative estimate of drug-likeness (QED) is 0.862. The second-order valence-electron chi connectivity index (χ2n) is 4.19. The van der Waals surface area contributed by atoms with E-state index in [4.69, 9.17) is 5.11 Å². The SMILES string of the molecule is O=C(O)c1c(F)cc(-c2ccc(OC(F)(F)F)cc2)cc1F. The molecule has 1 N–H and O–H groups in total. The van der Waals surface area contributed by atoms with E-state index in [1.165, 1.54) is 0 Å². The second kappa shape index (κ2) is 5.63. The molecule has 0 amide bonds. The van der Waals surface area contributed by atoms with E-state index in [2.05, 4.69) is 4.74 Å². The van der Waals surface area contributed by atoms with Crippen LogP contribution in [-0.4, -0.2) is 17.4 Å². The Kier molecular flexibility index (Phi) is 4.03. The van der Waals surface area contributed by atoms with Gasteiger partial charge in [-0.15, -0.1) is 13.2 Å². The van der Waals surface area contributed by atoms with Gasteiger partial charge in [-0.1, -0.05) is 12.1 Å². The molecule has 0 heterocycles. The van der Waals surface area contributed by atoms with Crippen LogP contribution < -0.4 is 4.74 Å². The first-order valence-corrected chi connectivity index (χ1v) is 5.76. The Labute approximate surface area is 120 Å². The molecular formula is C14H7F5O3. The number of hydrogen-bond acceptors (Lipinski definition) is 2. The molecule has 0 atom stereocenters. The maximum Gasteiger partial charge on any atom is 0.573 e. The number of rotatable bonds is 3. The first kappa shape index (κ1) is 15.7. The largest absolute Gasteiger partial charge is 0.573 e. The number of halogens is 5. The van der Waals surface area contributed by atoms with Gasteiger partial charge in [0.1, 0.15) is 22.9 Å². The van der Waals surface area contributed by atoms with Crippen molar-refractivity contribution >= 4 is 5.97 Å². The van der Waals surface area contributed by atoms with E-state index in [-0.39, 0.29) is 11.1 Å². The number of hydrogen-bond donors (Lipinski definition) is 1. The highest BCUT2D eigenvalue weighted by atomic mass is 19.4. The maximum absolute atomic E-state index is 13.6. The third-order valence-electron chi connectivity index (χ3n) is 2.68. The zero-order chi connectivity index (χ0) is 16.5. The molecule has 8 heteroatoms. The molecule has 3 nitrogen and oxygen atoms in total. The van der Waals surface area contributed by atoms with Crippen LogP contribution in [0.2, 0.25) is 0 Å². The number of carbonyl (C=O) groups is 1. The van der Waals surface area contributed by atoms with Crippen molar-refractivity contribution in [2.45, 2.75) is 6.36 Å². The Hall–Kier alpha value is -2.64. The van der Waals surface area contributed by atoms with Gasteiger partial charge in [-0.3, -0.25) is 0 Å². The zero-order valence-electron chi connectivity index (χ0n) is 10.6. The number of aromatic carboxylic acids is 1. The first-order chi connectivity index (χ1) is 10.2. The average molecular weight is 318 g/mol. The average Bonchev–Trinajstić information content (AvgIpc) is 2.36. The molecule has 116 valence electrons. The van der Waals surface area contributed by atoms with Crippen LogP contribution in [0.5, 0.6) is 5.75 Å². The van der Waals surface area contributed by atoms with E-state index in [9.17, 15) is 26.7 Å². The highest BCUT2D eigenvalue weighted by Crippen LogP contribution is 2.28. The van der Waals surface area contributed by atoms with Crippen molar-refractivity contribution in [1.82, 2.24) is 0 Å². The predicted octanol–water partition coefficient (Wildman–Crippen LogP) is 4.23. The van der Waals surface area contributed by atoms with Crippen molar-refractivity contribution in [1.29, 1.82) is 0 Å². The van der Waals surface area contributed by atoms with Gasteiger partial charge in [-0.25, -0.2) is 13.6 Å². The predicted molar refractivity (Wildman–Crippen MR) is 65.4 cm³/mol. The molecule has 2 aromatic carbocycles. The maximum atomic E-state index is 13.6. The molecule has 0 aromatic heterocycles. The van der Waals surface area contributed by atoms with Crippen LogP contribution in [-0.2, 0) is 0 Å². The molecule has 2 aromatic rings. The molecule has 0 aliphatic carbocycles. The van der Waals surface area contributed by atoms with Gasteiger partial charge in [0, 0.05) is 0 Å². The van der Waals surface area contributed by atoms with E-state index in [0.29, 0.717) is 0 Å². The second-order valence-corrected chi connectivity index (χ2v) is 4.19. The van der Waals surface area contributed by atoms with Crippen molar-refractivity contribution in [3.05, 3.63) is 53.6 Å². The lowest BCUT2D eigenvalue weighted by Crippen LogP contribution is -2.16. The number of carboxylic acids is 1. The zero-order valence-corrected chi connectivity index (χ0v) is 10.6. The third kappa shape index (κ3) is 3.51. The lowest BCUT2D eigenvalue weighted by molar-refractivity contribution is -0.274. The molecule has 0 fully saturated rings. The van der Waals surface area contributed by atoms with Gasteiger partial charge in [-0.05, 0) is 35.4 Å².